The van der Waals surface area contributed by atoms with E-state index < -0.39 is 34.4 Å². The number of halogens is 2. The fourth-order valence-electron chi connectivity index (χ4n) is 4.32. The van der Waals surface area contributed by atoms with Gasteiger partial charge in [0.05, 0.1) is 31.1 Å². The van der Waals surface area contributed by atoms with Crippen molar-refractivity contribution in [3.63, 3.8) is 0 Å². The van der Waals surface area contributed by atoms with Crippen LogP contribution in [0, 0.1) is 11.6 Å². The lowest BCUT2D eigenvalue weighted by Gasteiger charge is -2.14. The highest BCUT2D eigenvalue weighted by molar-refractivity contribution is 6.04. The molecule has 0 aliphatic heterocycles. The van der Waals surface area contributed by atoms with Crippen LogP contribution in [0.2, 0.25) is 0 Å². The lowest BCUT2D eigenvalue weighted by atomic mass is 10.2. The molecule has 12 heteroatoms. The molecule has 0 fully saturated rings. The van der Waals surface area contributed by atoms with Crippen LogP contribution >= 0.6 is 0 Å². The number of benzene rings is 3. The molecular weight excluding hydrogens is 550 g/mol. The third-order valence-corrected chi connectivity index (χ3v) is 6.45. The van der Waals surface area contributed by atoms with Gasteiger partial charge in [-0.3, -0.25) is 19.1 Å². The van der Waals surface area contributed by atoms with E-state index in [0.717, 1.165) is 33.5 Å². The average Bonchev–Trinajstić information content (AvgIpc) is 2.99. The van der Waals surface area contributed by atoms with Gasteiger partial charge in [-0.15, -0.1) is 0 Å². The average molecular weight is 575 g/mol. The smallest absolute Gasteiger partial charge is 0.335 e. The van der Waals surface area contributed by atoms with Gasteiger partial charge in [-0.25, -0.2) is 18.1 Å². The number of carbonyl (C=O) groups is 1. The molecule has 5 rings (SSSR count). The zero-order valence-electron chi connectivity index (χ0n) is 22.7. The number of ether oxygens (including phenoxy) is 3. The second-order valence-corrected chi connectivity index (χ2v) is 8.96. The van der Waals surface area contributed by atoms with Gasteiger partial charge in [0.1, 0.15) is 28.7 Å². The van der Waals surface area contributed by atoms with Gasteiger partial charge >= 0.3 is 5.69 Å². The van der Waals surface area contributed by atoms with Gasteiger partial charge in [0.15, 0.2) is 11.5 Å². The Morgan fingerprint density at radius 1 is 0.929 bits per heavy atom. The van der Waals surface area contributed by atoms with Crippen molar-refractivity contribution >= 4 is 22.5 Å². The van der Waals surface area contributed by atoms with Crippen LogP contribution in [-0.2, 0) is 6.54 Å². The Bertz CT molecular complexity index is 1940. The molecule has 1 amide bonds. The van der Waals surface area contributed by atoms with Crippen molar-refractivity contribution in [2.24, 2.45) is 0 Å². The predicted molar refractivity (Wildman–Crippen MR) is 151 cm³/mol. The summed E-state index contributed by atoms with van der Waals surface area (Å²) in [4.78, 5) is 43.4. The van der Waals surface area contributed by atoms with Gasteiger partial charge in [0.25, 0.3) is 11.5 Å². The summed E-state index contributed by atoms with van der Waals surface area (Å²) >= 11 is 0. The van der Waals surface area contributed by atoms with Crippen LogP contribution in [0.3, 0.4) is 0 Å². The van der Waals surface area contributed by atoms with Gasteiger partial charge in [-0.1, -0.05) is 0 Å². The Balaban J connectivity index is 1.44. The van der Waals surface area contributed by atoms with E-state index in [1.807, 2.05) is 0 Å². The summed E-state index contributed by atoms with van der Waals surface area (Å²) in [6.07, 6.45) is 2.64. The molecule has 0 unspecified atom stereocenters. The Morgan fingerprint density at radius 2 is 1.64 bits per heavy atom. The lowest BCUT2D eigenvalue weighted by Crippen LogP contribution is -2.42. The van der Waals surface area contributed by atoms with E-state index in [9.17, 15) is 18.8 Å². The minimum atomic E-state index is -0.939. The fourth-order valence-corrected chi connectivity index (χ4v) is 4.32. The molecular formula is C30H24F2N4O6. The second kappa shape index (κ2) is 11.5. The highest BCUT2D eigenvalue weighted by Gasteiger charge is 2.20. The highest BCUT2D eigenvalue weighted by atomic mass is 19.1. The van der Waals surface area contributed by atoms with Crippen molar-refractivity contribution in [1.82, 2.24) is 14.1 Å². The van der Waals surface area contributed by atoms with E-state index in [0.29, 0.717) is 28.2 Å². The Hall–Kier alpha value is -5.52. The molecule has 0 atom stereocenters. The predicted octanol–water partition coefficient (Wildman–Crippen LogP) is 4.91. The maximum absolute atomic E-state index is 15.1. The van der Waals surface area contributed by atoms with Crippen LogP contribution in [0.4, 0.5) is 14.5 Å². The van der Waals surface area contributed by atoms with E-state index >= 15 is 4.39 Å². The minimum Gasteiger partial charge on any atom is -0.493 e. The van der Waals surface area contributed by atoms with Crippen molar-refractivity contribution in [3.8, 4) is 28.7 Å². The topological polar surface area (TPSA) is 114 Å². The van der Waals surface area contributed by atoms with Gasteiger partial charge in [0, 0.05) is 36.5 Å². The number of nitrogens with one attached hydrogen (secondary N) is 1. The van der Waals surface area contributed by atoms with Gasteiger partial charge in [-0.2, -0.15) is 0 Å². The molecule has 5 aromatic rings. The summed E-state index contributed by atoms with van der Waals surface area (Å²) in [6, 6.07) is 13.5. The number of pyridine rings is 1. The number of aryl methyl sites for hydroxylation is 1. The molecule has 3 aromatic carbocycles. The monoisotopic (exact) mass is 574 g/mol. The largest absolute Gasteiger partial charge is 0.493 e. The molecule has 0 aliphatic rings. The number of fused-ring (bicyclic) bond motifs is 1. The van der Waals surface area contributed by atoms with Gasteiger partial charge in [0.2, 0.25) is 0 Å². The van der Waals surface area contributed by atoms with Crippen LogP contribution in [0.15, 0.2) is 82.6 Å². The van der Waals surface area contributed by atoms with Crippen molar-refractivity contribution in [1.29, 1.82) is 0 Å². The van der Waals surface area contributed by atoms with Crippen LogP contribution in [0.1, 0.15) is 17.3 Å². The second-order valence-electron chi connectivity index (χ2n) is 8.96. The maximum atomic E-state index is 15.1. The fraction of sp³-hybridized carbons (Fsp3) is 0.133. The third kappa shape index (κ3) is 5.29. The quantitative estimate of drug-likeness (QED) is 0.280. The normalized spacial score (nSPS) is 10.9. The summed E-state index contributed by atoms with van der Waals surface area (Å²) in [7, 11) is 3.01. The molecule has 0 radical (unpaired) electrons. The SMILES string of the molecule is CCn1cc(C(=O)Nc2ccc(Oc3ccnc4cc(OC)c(OC)cc34)cc2F)c(=O)n(-c2ccc(F)cc2)c1=O. The molecule has 0 saturated carbocycles. The first-order valence-electron chi connectivity index (χ1n) is 12.7. The van der Waals surface area contributed by atoms with Crippen LogP contribution in [0.25, 0.3) is 16.6 Å². The van der Waals surface area contributed by atoms with Crippen LogP contribution < -0.4 is 30.8 Å². The molecule has 0 spiro atoms. The molecule has 0 aliphatic carbocycles. The zero-order valence-corrected chi connectivity index (χ0v) is 22.7. The van der Waals surface area contributed by atoms with E-state index in [1.54, 1.807) is 25.1 Å². The minimum absolute atomic E-state index is 0.0793. The van der Waals surface area contributed by atoms with E-state index in [2.05, 4.69) is 10.3 Å². The van der Waals surface area contributed by atoms with E-state index in [-0.39, 0.29) is 23.7 Å². The zero-order chi connectivity index (χ0) is 30.0. The first-order chi connectivity index (χ1) is 20.2. The number of methoxy groups -OCH3 is 2. The van der Waals surface area contributed by atoms with Crippen molar-refractivity contribution in [2.75, 3.05) is 19.5 Å². The Morgan fingerprint density at radius 3 is 2.31 bits per heavy atom. The number of rotatable bonds is 8. The third-order valence-electron chi connectivity index (χ3n) is 6.45. The number of carbonyl (C=O) groups excluding carboxylic acids is 1. The summed E-state index contributed by atoms with van der Waals surface area (Å²) in [5, 5.41) is 2.97. The summed E-state index contributed by atoms with van der Waals surface area (Å²) in [6.45, 7) is 1.79. The number of hydrogen-bond acceptors (Lipinski definition) is 7. The summed E-state index contributed by atoms with van der Waals surface area (Å²) < 4.78 is 47.1. The Kier molecular flexibility index (Phi) is 7.69. The lowest BCUT2D eigenvalue weighted by molar-refractivity contribution is 0.102. The number of amides is 1. The number of nitrogens with zero attached hydrogens (tertiary/aromatic N) is 3. The number of aromatic nitrogens is 3. The molecule has 0 bridgehead atoms. The van der Waals surface area contributed by atoms with Crippen molar-refractivity contribution < 1.29 is 27.8 Å². The highest BCUT2D eigenvalue weighted by Crippen LogP contribution is 2.37. The standard InChI is InChI=1S/C30H24F2N4O6/c1-4-35-16-21(29(38)36(30(35)39)18-7-5-17(31)6-8-18)28(37)34-23-10-9-19(13-22(23)32)42-25-11-12-33-24-15-27(41-3)26(40-2)14-20(24)25/h5-16H,4H2,1-3H3,(H,34,37). The Labute approximate surface area is 237 Å². The first kappa shape index (κ1) is 28.0. The first-order valence-corrected chi connectivity index (χ1v) is 12.7. The molecule has 2 aromatic heterocycles. The molecule has 10 nitrogen and oxygen atoms in total. The number of hydrogen-bond donors (Lipinski definition) is 1. The van der Waals surface area contributed by atoms with E-state index in [4.69, 9.17) is 14.2 Å². The molecule has 0 saturated heterocycles. The van der Waals surface area contributed by atoms with Crippen molar-refractivity contribution in [3.05, 3.63) is 111 Å². The molecule has 214 valence electrons. The molecule has 2 heterocycles. The van der Waals surface area contributed by atoms with E-state index in [1.165, 1.54) is 44.7 Å². The number of anilines is 1. The summed E-state index contributed by atoms with van der Waals surface area (Å²) in [5.74, 6) is -0.879. The van der Waals surface area contributed by atoms with Gasteiger partial charge < -0.3 is 19.5 Å². The molecule has 1 N–H and O–H groups in total. The van der Waals surface area contributed by atoms with Crippen LogP contribution in [-0.4, -0.2) is 34.2 Å². The van der Waals surface area contributed by atoms with Crippen molar-refractivity contribution in [2.45, 2.75) is 13.5 Å². The summed E-state index contributed by atoms with van der Waals surface area (Å²) in [5.41, 5.74) is -1.64. The molecule has 42 heavy (non-hydrogen) atoms. The van der Waals surface area contributed by atoms with Gasteiger partial charge in [-0.05, 0) is 55.5 Å². The van der Waals surface area contributed by atoms with Crippen LogP contribution in [0.5, 0.6) is 23.0 Å². The maximum Gasteiger partial charge on any atom is 0.335 e.